The summed E-state index contributed by atoms with van der Waals surface area (Å²) in [6.45, 7) is 4.53. The molecule has 0 saturated carbocycles. The van der Waals surface area contributed by atoms with Crippen LogP contribution in [-0.2, 0) is 4.74 Å². The van der Waals surface area contributed by atoms with E-state index in [4.69, 9.17) is 4.74 Å². The summed E-state index contributed by atoms with van der Waals surface area (Å²) in [5.41, 5.74) is 0.386. The molecule has 0 saturated heterocycles. The van der Waals surface area contributed by atoms with Crippen molar-refractivity contribution >= 4 is 27.3 Å². The molecule has 0 aromatic carbocycles. The summed E-state index contributed by atoms with van der Waals surface area (Å²) in [6.07, 6.45) is 2.76. The van der Waals surface area contributed by atoms with Crippen molar-refractivity contribution in [2.75, 3.05) is 19.0 Å². The minimum Gasteiger partial charge on any atom is -0.383 e. The lowest BCUT2D eigenvalue weighted by Crippen LogP contribution is -2.30. The van der Waals surface area contributed by atoms with E-state index in [1.165, 1.54) is 12.4 Å². The first-order valence-corrected chi connectivity index (χ1v) is 6.30. The van der Waals surface area contributed by atoms with Gasteiger partial charge in [0.05, 0.1) is 22.0 Å². The number of aromatic nitrogens is 1. The van der Waals surface area contributed by atoms with Crippen LogP contribution >= 0.6 is 15.9 Å². The predicted molar refractivity (Wildman–Crippen MR) is 72.7 cm³/mol. The molecule has 0 fully saturated rings. The summed E-state index contributed by atoms with van der Waals surface area (Å²) in [5.74, 6) is 0.282. The fourth-order valence-corrected chi connectivity index (χ4v) is 1.91. The Labute approximate surface area is 114 Å². The fourth-order valence-electron chi connectivity index (χ4n) is 1.47. The zero-order chi connectivity index (χ0) is 13.7. The van der Waals surface area contributed by atoms with Gasteiger partial charge in [-0.15, -0.1) is 0 Å². The van der Waals surface area contributed by atoms with Gasteiger partial charge in [-0.1, -0.05) is 13.8 Å². The molecule has 18 heavy (non-hydrogen) atoms. The van der Waals surface area contributed by atoms with Gasteiger partial charge < -0.3 is 10.1 Å². The monoisotopic (exact) mass is 317 g/mol. The minimum absolute atomic E-state index is 0.00704. The van der Waals surface area contributed by atoms with E-state index in [2.05, 4.69) is 26.2 Å². The number of nitrogens with zero attached hydrogens (tertiary/aromatic N) is 2. The highest BCUT2D eigenvalue weighted by Gasteiger charge is 2.22. The van der Waals surface area contributed by atoms with E-state index in [9.17, 15) is 10.1 Å². The first kappa shape index (κ1) is 14.8. The molecule has 1 atom stereocenters. The number of rotatable bonds is 6. The lowest BCUT2D eigenvalue weighted by molar-refractivity contribution is -0.384. The van der Waals surface area contributed by atoms with Gasteiger partial charge in [0.15, 0.2) is 0 Å². The quantitative estimate of drug-likeness (QED) is 0.644. The van der Waals surface area contributed by atoms with Gasteiger partial charge in [0, 0.05) is 13.3 Å². The Morgan fingerprint density at radius 1 is 1.56 bits per heavy atom. The Hall–Kier alpha value is -1.21. The molecular formula is C11H16BrN3O3. The number of anilines is 1. The number of pyridine rings is 1. The second kappa shape index (κ2) is 6.65. The average molecular weight is 318 g/mol. The van der Waals surface area contributed by atoms with Crippen molar-refractivity contribution in [3.63, 3.8) is 0 Å². The van der Waals surface area contributed by atoms with Gasteiger partial charge in [-0.05, 0) is 21.8 Å². The van der Waals surface area contributed by atoms with Crippen molar-refractivity contribution in [3.8, 4) is 0 Å². The predicted octanol–water partition coefficient (Wildman–Crippen LogP) is 2.84. The maximum atomic E-state index is 11.0. The van der Waals surface area contributed by atoms with Crippen LogP contribution in [-0.4, -0.2) is 29.7 Å². The van der Waals surface area contributed by atoms with Crippen molar-refractivity contribution in [2.45, 2.75) is 19.9 Å². The Kier molecular flexibility index (Phi) is 5.49. The van der Waals surface area contributed by atoms with Gasteiger partial charge in [-0.2, -0.15) is 0 Å². The van der Waals surface area contributed by atoms with E-state index in [-0.39, 0.29) is 17.6 Å². The zero-order valence-corrected chi connectivity index (χ0v) is 12.1. The third-order valence-corrected chi connectivity index (χ3v) is 3.16. The lowest BCUT2D eigenvalue weighted by atomic mass is 10.1. The van der Waals surface area contributed by atoms with E-state index in [1.54, 1.807) is 7.11 Å². The van der Waals surface area contributed by atoms with Crippen LogP contribution in [0.2, 0.25) is 0 Å². The highest BCUT2D eigenvalue weighted by Crippen LogP contribution is 2.32. The molecule has 0 aliphatic heterocycles. The normalized spacial score (nSPS) is 12.5. The Bertz CT molecular complexity index is 426. The highest BCUT2D eigenvalue weighted by atomic mass is 79.9. The molecule has 0 spiro atoms. The molecule has 0 radical (unpaired) electrons. The smallest absolute Gasteiger partial charge is 0.311 e. The van der Waals surface area contributed by atoms with Crippen LogP contribution in [0.1, 0.15) is 13.8 Å². The van der Waals surface area contributed by atoms with Crippen molar-refractivity contribution in [1.29, 1.82) is 0 Å². The molecule has 6 nitrogen and oxygen atoms in total. The number of ether oxygens (including phenoxy) is 1. The SMILES string of the molecule is COCC(Nc1c(Br)cncc1[N+](=O)[O-])C(C)C. The Morgan fingerprint density at radius 2 is 2.22 bits per heavy atom. The zero-order valence-electron chi connectivity index (χ0n) is 10.5. The summed E-state index contributed by atoms with van der Waals surface area (Å²) in [4.78, 5) is 14.3. The molecule has 1 heterocycles. The second-order valence-electron chi connectivity index (χ2n) is 4.22. The molecule has 100 valence electrons. The number of nitrogens with one attached hydrogen (secondary N) is 1. The first-order chi connectivity index (χ1) is 8.47. The second-order valence-corrected chi connectivity index (χ2v) is 5.08. The van der Waals surface area contributed by atoms with E-state index in [0.29, 0.717) is 16.8 Å². The summed E-state index contributed by atoms with van der Waals surface area (Å²) in [5, 5.41) is 14.1. The van der Waals surface area contributed by atoms with Crippen LogP contribution in [0.3, 0.4) is 0 Å². The number of hydrogen-bond acceptors (Lipinski definition) is 5. The van der Waals surface area contributed by atoms with Crippen LogP contribution in [0.15, 0.2) is 16.9 Å². The van der Waals surface area contributed by atoms with Gasteiger partial charge in [0.2, 0.25) is 0 Å². The number of methoxy groups -OCH3 is 1. The van der Waals surface area contributed by atoms with E-state index in [0.717, 1.165) is 0 Å². The molecule has 0 aliphatic carbocycles. The first-order valence-electron chi connectivity index (χ1n) is 5.50. The van der Waals surface area contributed by atoms with Crippen LogP contribution in [0.25, 0.3) is 0 Å². The molecule has 1 unspecified atom stereocenters. The standard InChI is InChI=1S/C11H16BrN3O3/c1-7(2)9(6-18-3)14-11-8(12)4-13-5-10(11)15(16)17/h4-5,7,9H,6H2,1-3H3,(H,13,14). The summed E-state index contributed by atoms with van der Waals surface area (Å²) in [7, 11) is 1.60. The minimum atomic E-state index is -0.454. The molecule has 0 aliphatic rings. The lowest BCUT2D eigenvalue weighted by Gasteiger charge is -2.23. The van der Waals surface area contributed by atoms with E-state index < -0.39 is 4.92 Å². The van der Waals surface area contributed by atoms with Crippen molar-refractivity contribution in [2.24, 2.45) is 5.92 Å². The largest absolute Gasteiger partial charge is 0.383 e. The molecule has 0 amide bonds. The molecule has 1 aromatic rings. The summed E-state index contributed by atoms with van der Waals surface area (Å²) in [6, 6.07) is -0.00704. The molecule has 7 heteroatoms. The maximum absolute atomic E-state index is 11.0. The highest BCUT2D eigenvalue weighted by molar-refractivity contribution is 9.10. The van der Waals surface area contributed by atoms with Gasteiger partial charge in [0.25, 0.3) is 0 Å². The van der Waals surface area contributed by atoms with Gasteiger partial charge in [0.1, 0.15) is 11.9 Å². The van der Waals surface area contributed by atoms with E-state index in [1.807, 2.05) is 13.8 Å². The van der Waals surface area contributed by atoms with Crippen molar-refractivity contribution < 1.29 is 9.66 Å². The van der Waals surface area contributed by atoms with Gasteiger partial charge in [-0.25, -0.2) is 0 Å². The summed E-state index contributed by atoms with van der Waals surface area (Å²) >= 11 is 3.27. The van der Waals surface area contributed by atoms with E-state index >= 15 is 0 Å². The fraction of sp³-hybridized carbons (Fsp3) is 0.545. The number of hydrogen-bond donors (Lipinski definition) is 1. The van der Waals surface area contributed by atoms with Crippen molar-refractivity contribution in [1.82, 2.24) is 4.98 Å². The van der Waals surface area contributed by atoms with Crippen LogP contribution in [0.4, 0.5) is 11.4 Å². The molecule has 1 rings (SSSR count). The van der Waals surface area contributed by atoms with Crippen LogP contribution < -0.4 is 5.32 Å². The molecule has 0 bridgehead atoms. The Morgan fingerprint density at radius 3 is 2.72 bits per heavy atom. The van der Waals surface area contributed by atoms with Crippen molar-refractivity contribution in [3.05, 3.63) is 27.0 Å². The van der Waals surface area contributed by atoms with Crippen LogP contribution in [0, 0.1) is 16.0 Å². The Balaban J connectivity index is 3.04. The topological polar surface area (TPSA) is 77.3 Å². The number of nitro groups is 1. The van der Waals surface area contributed by atoms with Gasteiger partial charge in [-0.3, -0.25) is 15.1 Å². The third kappa shape index (κ3) is 3.64. The van der Waals surface area contributed by atoms with Gasteiger partial charge >= 0.3 is 5.69 Å². The maximum Gasteiger partial charge on any atom is 0.311 e. The van der Waals surface area contributed by atoms with Crippen LogP contribution in [0.5, 0.6) is 0 Å². The molecule has 1 aromatic heterocycles. The third-order valence-electron chi connectivity index (χ3n) is 2.56. The molecule has 1 N–H and O–H groups in total. The average Bonchev–Trinajstić information content (AvgIpc) is 2.30. The number of halogens is 1. The molecular weight excluding hydrogens is 302 g/mol. The summed E-state index contributed by atoms with van der Waals surface area (Å²) < 4.78 is 5.68.